The van der Waals surface area contributed by atoms with Crippen LogP contribution in [0.1, 0.15) is 40.0 Å². The van der Waals surface area contributed by atoms with Crippen LogP contribution in [0.5, 0.6) is 0 Å². The lowest BCUT2D eigenvalue weighted by molar-refractivity contribution is 0.00624. The molecule has 0 aromatic carbocycles. The van der Waals surface area contributed by atoms with E-state index in [9.17, 15) is 9.90 Å². The van der Waals surface area contributed by atoms with Crippen LogP contribution in [0, 0.1) is 0 Å². The van der Waals surface area contributed by atoms with Crippen molar-refractivity contribution in [3.63, 3.8) is 0 Å². The van der Waals surface area contributed by atoms with Crippen molar-refractivity contribution in [1.82, 2.24) is 10.2 Å². The van der Waals surface area contributed by atoms with Gasteiger partial charge in [0.15, 0.2) is 0 Å². The molecule has 2 rings (SSSR count). The van der Waals surface area contributed by atoms with Gasteiger partial charge in [0.05, 0.1) is 18.7 Å². The SMILES string of the molecule is CC(C)(C)OC(=O)N1C(CO)CC2NCCCC21. The summed E-state index contributed by atoms with van der Waals surface area (Å²) in [6.45, 7) is 6.61. The van der Waals surface area contributed by atoms with E-state index in [0.29, 0.717) is 6.04 Å². The molecule has 2 saturated heterocycles. The maximum atomic E-state index is 12.2. The van der Waals surface area contributed by atoms with Crippen molar-refractivity contribution >= 4 is 6.09 Å². The Kier molecular flexibility index (Phi) is 3.82. The quantitative estimate of drug-likeness (QED) is 0.738. The van der Waals surface area contributed by atoms with E-state index < -0.39 is 5.60 Å². The standard InChI is InChI=1S/C13H24N2O3/c1-13(2,3)18-12(17)15-9(8-16)7-10-11(15)5-4-6-14-10/h9-11,14,16H,4-8H2,1-3H3. The molecule has 3 atom stereocenters. The minimum absolute atomic E-state index is 0.00786. The minimum atomic E-state index is -0.489. The molecule has 104 valence electrons. The van der Waals surface area contributed by atoms with Gasteiger partial charge < -0.3 is 15.2 Å². The number of fused-ring (bicyclic) bond motifs is 1. The molecule has 0 radical (unpaired) electrons. The Morgan fingerprint density at radius 2 is 2.22 bits per heavy atom. The first-order chi connectivity index (χ1) is 8.42. The molecule has 0 saturated carbocycles. The highest BCUT2D eigenvalue weighted by Gasteiger charge is 2.45. The van der Waals surface area contributed by atoms with E-state index in [-0.39, 0.29) is 24.8 Å². The first-order valence-corrected chi connectivity index (χ1v) is 6.78. The second-order valence-electron chi connectivity index (χ2n) is 6.23. The third-order valence-electron chi connectivity index (χ3n) is 3.64. The predicted molar refractivity (Wildman–Crippen MR) is 68.4 cm³/mol. The number of likely N-dealkylation sites (tertiary alicyclic amines) is 1. The summed E-state index contributed by atoms with van der Waals surface area (Å²) in [5.74, 6) is 0. The second-order valence-corrected chi connectivity index (χ2v) is 6.23. The molecular formula is C13H24N2O3. The molecule has 0 spiro atoms. The molecule has 0 bridgehead atoms. The molecule has 0 aliphatic carbocycles. The van der Waals surface area contributed by atoms with Crippen molar-refractivity contribution < 1.29 is 14.6 Å². The Labute approximate surface area is 108 Å². The van der Waals surface area contributed by atoms with Gasteiger partial charge in [0, 0.05) is 6.04 Å². The highest BCUT2D eigenvalue weighted by atomic mass is 16.6. The summed E-state index contributed by atoms with van der Waals surface area (Å²) in [5, 5.41) is 12.9. The molecule has 18 heavy (non-hydrogen) atoms. The van der Waals surface area contributed by atoms with Crippen LogP contribution in [0.3, 0.4) is 0 Å². The zero-order valence-electron chi connectivity index (χ0n) is 11.5. The summed E-state index contributed by atoms with van der Waals surface area (Å²) in [6.07, 6.45) is 2.59. The Balaban J connectivity index is 2.10. The average Bonchev–Trinajstić information content (AvgIpc) is 2.64. The number of ether oxygens (including phenoxy) is 1. The Morgan fingerprint density at radius 3 is 2.83 bits per heavy atom. The highest BCUT2D eigenvalue weighted by molar-refractivity contribution is 5.69. The van der Waals surface area contributed by atoms with E-state index in [1.54, 1.807) is 4.90 Å². The van der Waals surface area contributed by atoms with Crippen molar-refractivity contribution in [1.29, 1.82) is 0 Å². The summed E-state index contributed by atoms with van der Waals surface area (Å²) in [4.78, 5) is 14.0. The molecule has 3 unspecified atom stereocenters. The van der Waals surface area contributed by atoms with E-state index >= 15 is 0 Å². The van der Waals surface area contributed by atoms with Gasteiger partial charge in [0.1, 0.15) is 5.60 Å². The first kappa shape index (κ1) is 13.6. The van der Waals surface area contributed by atoms with Crippen LogP contribution in [-0.4, -0.2) is 53.0 Å². The number of carbonyl (C=O) groups excluding carboxylic acids is 1. The number of piperidine rings is 1. The molecular weight excluding hydrogens is 232 g/mol. The predicted octanol–water partition coefficient (Wildman–Crippen LogP) is 1.11. The molecule has 0 aromatic rings. The number of amides is 1. The lowest BCUT2D eigenvalue weighted by Gasteiger charge is -2.35. The van der Waals surface area contributed by atoms with E-state index in [0.717, 1.165) is 25.8 Å². The van der Waals surface area contributed by atoms with Gasteiger partial charge in [-0.1, -0.05) is 0 Å². The summed E-state index contributed by atoms with van der Waals surface area (Å²) in [5.41, 5.74) is -0.489. The zero-order chi connectivity index (χ0) is 13.3. The van der Waals surface area contributed by atoms with Gasteiger partial charge in [-0.05, 0) is 46.6 Å². The number of nitrogens with one attached hydrogen (secondary N) is 1. The Morgan fingerprint density at radius 1 is 1.50 bits per heavy atom. The van der Waals surface area contributed by atoms with Gasteiger partial charge in [-0.2, -0.15) is 0 Å². The van der Waals surface area contributed by atoms with Crippen LogP contribution >= 0.6 is 0 Å². The van der Waals surface area contributed by atoms with E-state index in [1.165, 1.54) is 0 Å². The van der Waals surface area contributed by atoms with Crippen molar-refractivity contribution in [2.45, 2.75) is 63.8 Å². The number of aliphatic hydroxyl groups excluding tert-OH is 1. The van der Waals surface area contributed by atoms with Gasteiger partial charge in [-0.25, -0.2) is 4.79 Å². The van der Waals surface area contributed by atoms with Crippen molar-refractivity contribution in [2.24, 2.45) is 0 Å². The fraction of sp³-hybridized carbons (Fsp3) is 0.923. The summed E-state index contributed by atoms with van der Waals surface area (Å²) in [7, 11) is 0. The largest absolute Gasteiger partial charge is 0.444 e. The molecule has 5 heteroatoms. The molecule has 2 fully saturated rings. The monoisotopic (exact) mass is 256 g/mol. The number of nitrogens with zero attached hydrogens (tertiary/aromatic N) is 1. The fourth-order valence-electron chi connectivity index (χ4n) is 2.95. The smallest absolute Gasteiger partial charge is 0.410 e. The topological polar surface area (TPSA) is 61.8 Å². The molecule has 5 nitrogen and oxygen atoms in total. The average molecular weight is 256 g/mol. The molecule has 0 aromatic heterocycles. The summed E-state index contributed by atoms with van der Waals surface area (Å²) >= 11 is 0. The molecule has 2 heterocycles. The number of carbonyl (C=O) groups is 1. The van der Waals surface area contributed by atoms with Gasteiger partial charge in [-0.15, -0.1) is 0 Å². The molecule has 2 aliphatic rings. The fourth-order valence-corrected chi connectivity index (χ4v) is 2.95. The number of hydrogen-bond acceptors (Lipinski definition) is 4. The number of aliphatic hydroxyl groups is 1. The van der Waals surface area contributed by atoms with E-state index in [4.69, 9.17) is 4.74 Å². The van der Waals surface area contributed by atoms with Crippen LogP contribution in [0.2, 0.25) is 0 Å². The van der Waals surface area contributed by atoms with Gasteiger partial charge in [0.25, 0.3) is 0 Å². The molecule has 2 N–H and O–H groups in total. The van der Waals surface area contributed by atoms with Gasteiger partial charge in [-0.3, -0.25) is 4.90 Å². The van der Waals surface area contributed by atoms with Crippen LogP contribution in [0.15, 0.2) is 0 Å². The lowest BCUT2D eigenvalue weighted by Crippen LogP contribution is -2.51. The van der Waals surface area contributed by atoms with Crippen LogP contribution in [-0.2, 0) is 4.74 Å². The van der Waals surface area contributed by atoms with Crippen LogP contribution < -0.4 is 5.32 Å². The van der Waals surface area contributed by atoms with E-state index in [2.05, 4.69) is 5.32 Å². The summed E-state index contributed by atoms with van der Waals surface area (Å²) < 4.78 is 5.45. The third-order valence-corrected chi connectivity index (χ3v) is 3.64. The highest BCUT2D eigenvalue weighted by Crippen LogP contribution is 2.31. The number of rotatable bonds is 1. The zero-order valence-corrected chi connectivity index (χ0v) is 11.5. The first-order valence-electron chi connectivity index (χ1n) is 6.78. The van der Waals surface area contributed by atoms with Crippen molar-refractivity contribution in [2.75, 3.05) is 13.2 Å². The van der Waals surface area contributed by atoms with Crippen molar-refractivity contribution in [3.05, 3.63) is 0 Å². The van der Waals surface area contributed by atoms with Crippen LogP contribution in [0.25, 0.3) is 0 Å². The van der Waals surface area contributed by atoms with Gasteiger partial charge >= 0.3 is 6.09 Å². The third kappa shape index (κ3) is 2.78. The maximum Gasteiger partial charge on any atom is 0.410 e. The lowest BCUT2D eigenvalue weighted by atomic mass is 9.99. The van der Waals surface area contributed by atoms with Gasteiger partial charge in [0.2, 0.25) is 0 Å². The molecule has 2 aliphatic heterocycles. The maximum absolute atomic E-state index is 12.2. The minimum Gasteiger partial charge on any atom is -0.444 e. The van der Waals surface area contributed by atoms with E-state index in [1.807, 2.05) is 20.8 Å². The Bertz CT molecular complexity index is 314. The van der Waals surface area contributed by atoms with Crippen molar-refractivity contribution in [3.8, 4) is 0 Å². The second kappa shape index (κ2) is 5.05. The van der Waals surface area contributed by atoms with Crippen LogP contribution in [0.4, 0.5) is 4.79 Å². The number of hydrogen-bond donors (Lipinski definition) is 2. The molecule has 1 amide bonds. The Hall–Kier alpha value is -0.810. The summed E-state index contributed by atoms with van der Waals surface area (Å²) in [6, 6.07) is 0.370. The normalized spacial score (nSPS) is 32.2.